The molecule has 75 valence electrons. The third kappa shape index (κ3) is 1.69. The van der Waals surface area contributed by atoms with Crippen molar-refractivity contribution in [1.29, 1.82) is 0 Å². The van der Waals surface area contributed by atoms with Crippen molar-refractivity contribution < 1.29 is 8.42 Å². The Balaban J connectivity index is 2.33. The van der Waals surface area contributed by atoms with Crippen molar-refractivity contribution in [3.05, 3.63) is 36.8 Å². The average Bonchev–Trinajstić information content (AvgIpc) is 3.01. The largest absolute Gasteiger partial charge is 0.223 e. The number of hydrogen-bond donors (Lipinski definition) is 0. The van der Waals surface area contributed by atoms with Gasteiger partial charge in [-0.3, -0.25) is 0 Å². The van der Waals surface area contributed by atoms with Gasteiger partial charge < -0.3 is 0 Å². The second-order valence-corrected chi connectivity index (χ2v) is 5.87. The van der Waals surface area contributed by atoms with Crippen LogP contribution >= 0.6 is 0 Å². The normalized spacial score (nSPS) is 16.9. The summed E-state index contributed by atoms with van der Waals surface area (Å²) in [5.74, 6) is 0. The molecule has 0 aliphatic heterocycles. The smallest absolute Gasteiger partial charge is 0.181 e. The molecule has 1 aromatic rings. The van der Waals surface area contributed by atoms with Crippen molar-refractivity contribution in [2.24, 2.45) is 0 Å². The van der Waals surface area contributed by atoms with Gasteiger partial charge in [-0.2, -0.15) is 0 Å². The van der Waals surface area contributed by atoms with E-state index in [9.17, 15) is 8.42 Å². The quantitative estimate of drug-likeness (QED) is 0.763. The molecule has 1 saturated carbocycles. The fourth-order valence-electron chi connectivity index (χ4n) is 1.42. The lowest BCUT2D eigenvalue weighted by atomic mass is 10.2. The Morgan fingerprint density at radius 3 is 2.21 bits per heavy atom. The Kier molecular flexibility index (Phi) is 2.35. The van der Waals surface area contributed by atoms with Gasteiger partial charge in [0.15, 0.2) is 9.84 Å². The van der Waals surface area contributed by atoms with Crippen LogP contribution in [0.2, 0.25) is 0 Å². The zero-order valence-electron chi connectivity index (χ0n) is 7.94. The maximum absolute atomic E-state index is 11.8. The van der Waals surface area contributed by atoms with E-state index in [1.807, 2.05) is 12.1 Å². The zero-order chi connectivity index (χ0) is 10.2. The molecule has 1 aromatic carbocycles. The molecule has 2 nitrogen and oxygen atoms in total. The Morgan fingerprint density at radius 1 is 1.21 bits per heavy atom. The first kappa shape index (κ1) is 9.71. The highest BCUT2D eigenvalue weighted by Crippen LogP contribution is 2.33. The predicted octanol–water partition coefficient (Wildman–Crippen LogP) is 2.00. The van der Waals surface area contributed by atoms with Gasteiger partial charge in [0.25, 0.3) is 0 Å². The van der Waals surface area contributed by atoms with Crippen LogP contribution in [0.5, 0.6) is 0 Å². The van der Waals surface area contributed by atoms with E-state index in [0.717, 1.165) is 18.4 Å². The molecular formula is C11H13O2S. The molecule has 14 heavy (non-hydrogen) atoms. The van der Waals surface area contributed by atoms with Crippen LogP contribution in [0.15, 0.2) is 29.2 Å². The number of sulfone groups is 1. The van der Waals surface area contributed by atoms with Crippen molar-refractivity contribution in [1.82, 2.24) is 0 Å². The lowest BCUT2D eigenvalue weighted by Crippen LogP contribution is -2.06. The average molecular weight is 209 g/mol. The highest BCUT2D eigenvalue weighted by molar-refractivity contribution is 7.92. The van der Waals surface area contributed by atoms with Crippen molar-refractivity contribution in [2.45, 2.75) is 29.4 Å². The van der Waals surface area contributed by atoms with Gasteiger partial charge in [-0.25, -0.2) is 8.42 Å². The maximum Gasteiger partial charge on any atom is 0.181 e. The highest BCUT2D eigenvalue weighted by Gasteiger charge is 2.36. The minimum atomic E-state index is -3.01. The number of rotatable bonds is 3. The van der Waals surface area contributed by atoms with Crippen LogP contribution < -0.4 is 0 Å². The first-order chi connectivity index (χ1) is 6.64. The van der Waals surface area contributed by atoms with Gasteiger partial charge in [-0.15, -0.1) is 0 Å². The zero-order valence-corrected chi connectivity index (χ0v) is 8.76. The molecule has 1 aliphatic rings. The van der Waals surface area contributed by atoms with Gasteiger partial charge in [0, 0.05) is 0 Å². The molecule has 0 saturated heterocycles. The van der Waals surface area contributed by atoms with Crippen LogP contribution in [0.1, 0.15) is 18.4 Å². The Hall–Kier alpha value is -0.830. The molecular weight excluding hydrogens is 196 g/mol. The van der Waals surface area contributed by atoms with E-state index in [4.69, 9.17) is 0 Å². The lowest BCUT2D eigenvalue weighted by molar-refractivity contribution is 0.595. The summed E-state index contributed by atoms with van der Waals surface area (Å²) in [5, 5.41) is -0.117. The first-order valence-electron chi connectivity index (χ1n) is 4.76. The Bertz CT molecular complexity index is 413. The van der Waals surface area contributed by atoms with E-state index in [0.29, 0.717) is 11.3 Å². The van der Waals surface area contributed by atoms with Crippen LogP contribution in [0.4, 0.5) is 0 Å². The topological polar surface area (TPSA) is 34.1 Å². The summed E-state index contributed by atoms with van der Waals surface area (Å²) in [5.41, 5.74) is 1.07. The molecule has 1 radical (unpaired) electrons. The fraction of sp³-hybridized carbons (Fsp3) is 0.364. The molecule has 0 unspecified atom stereocenters. The Labute approximate surface area is 84.9 Å². The molecule has 2 rings (SSSR count). The molecule has 1 aliphatic carbocycles. The SMILES string of the molecule is [CH2]Cc1ccc(S(=O)(=O)C2CC2)cc1. The molecule has 0 N–H and O–H groups in total. The van der Waals surface area contributed by atoms with Gasteiger partial charge in [-0.05, 0) is 43.9 Å². The molecule has 0 heterocycles. The predicted molar refractivity (Wildman–Crippen MR) is 55.7 cm³/mol. The minimum absolute atomic E-state index is 0.117. The van der Waals surface area contributed by atoms with E-state index < -0.39 is 9.84 Å². The van der Waals surface area contributed by atoms with Crippen LogP contribution in [0.25, 0.3) is 0 Å². The summed E-state index contributed by atoms with van der Waals surface area (Å²) in [6, 6.07) is 7.05. The summed E-state index contributed by atoms with van der Waals surface area (Å²) in [4.78, 5) is 0.456. The second-order valence-electron chi connectivity index (χ2n) is 3.64. The van der Waals surface area contributed by atoms with Crippen LogP contribution in [-0.4, -0.2) is 13.7 Å². The highest BCUT2D eigenvalue weighted by atomic mass is 32.2. The van der Waals surface area contributed by atoms with E-state index in [1.165, 1.54) is 0 Å². The van der Waals surface area contributed by atoms with E-state index >= 15 is 0 Å². The first-order valence-corrected chi connectivity index (χ1v) is 6.31. The van der Waals surface area contributed by atoms with E-state index in [-0.39, 0.29) is 5.25 Å². The summed E-state index contributed by atoms with van der Waals surface area (Å²) in [6.45, 7) is 3.75. The Morgan fingerprint density at radius 2 is 1.79 bits per heavy atom. The molecule has 0 aromatic heterocycles. The minimum Gasteiger partial charge on any atom is -0.223 e. The van der Waals surface area contributed by atoms with Crippen molar-refractivity contribution >= 4 is 9.84 Å². The lowest BCUT2D eigenvalue weighted by Gasteiger charge is -2.02. The molecule has 0 spiro atoms. The molecule has 0 atom stereocenters. The molecule has 1 fully saturated rings. The van der Waals surface area contributed by atoms with Crippen LogP contribution in [-0.2, 0) is 16.3 Å². The third-order valence-electron chi connectivity index (χ3n) is 2.50. The van der Waals surface area contributed by atoms with Crippen molar-refractivity contribution in [3.8, 4) is 0 Å². The summed E-state index contributed by atoms with van der Waals surface area (Å²) in [7, 11) is -3.01. The maximum atomic E-state index is 11.8. The summed E-state index contributed by atoms with van der Waals surface area (Å²) < 4.78 is 23.6. The number of benzene rings is 1. The van der Waals surface area contributed by atoms with Gasteiger partial charge >= 0.3 is 0 Å². The fourth-order valence-corrected chi connectivity index (χ4v) is 3.07. The van der Waals surface area contributed by atoms with Gasteiger partial charge in [0.1, 0.15) is 0 Å². The van der Waals surface area contributed by atoms with Crippen LogP contribution in [0.3, 0.4) is 0 Å². The van der Waals surface area contributed by atoms with E-state index in [2.05, 4.69) is 6.92 Å². The van der Waals surface area contributed by atoms with Gasteiger partial charge in [0.05, 0.1) is 10.1 Å². The summed E-state index contributed by atoms with van der Waals surface area (Å²) in [6.07, 6.45) is 2.34. The monoisotopic (exact) mass is 209 g/mol. The second kappa shape index (κ2) is 3.39. The van der Waals surface area contributed by atoms with Crippen molar-refractivity contribution in [2.75, 3.05) is 0 Å². The summed E-state index contributed by atoms with van der Waals surface area (Å²) >= 11 is 0. The molecule has 3 heteroatoms. The third-order valence-corrected chi connectivity index (χ3v) is 4.78. The molecule has 0 amide bonds. The number of hydrogen-bond acceptors (Lipinski definition) is 2. The van der Waals surface area contributed by atoms with Crippen LogP contribution in [0, 0.1) is 6.92 Å². The van der Waals surface area contributed by atoms with Gasteiger partial charge in [0.2, 0.25) is 0 Å². The van der Waals surface area contributed by atoms with Crippen molar-refractivity contribution in [3.63, 3.8) is 0 Å². The van der Waals surface area contributed by atoms with E-state index in [1.54, 1.807) is 12.1 Å². The van der Waals surface area contributed by atoms with Gasteiger partial charge in [-0.1, -0.05) is 12.1 Å². The molecule has 0 bridgehead atoms. The standard InChI is InChI=1S/C11H13O2S/c1-2-9-3-5-10(6-4-9)14(12,13)11-7-8-11/h3-6,11H,1-2,7-8H2.